The number of likely N-dealkylation sites (N-methyl/N-ethyl adjacent to an activating group) is 1. The zero-order valence-corrected chi connectivity index (χ0v) is 18.8. The van der Waals surface area contributed by atoms with Crippen molar-refractivity contribution in [3.63, 3.8) is 0 Å². The van der Waals surface area contributed by atoms with Crippen molar-refractivity contribution in [3.05, 3.63) is 65.5 Å². The number of aromatic nitrogens is 3. The third-order valence-corrected chi connectivity index (χ3v) is 5.00. The fraction of sp³-hybridized carbons (Fsp3) is 0.261. The van der Waals surface area contributed by atoms with E-state index in [0.29, 0.717) is 6.29 Å². The lowest BCUT2D eigenvalue weighted by Gasteiger charge is -2.24. The predicted octanol–water partition coefficient (Wildman–Crippen LogP) is 4.52. The Morgan fingerprint density at radius 1 is 1.17 bits per heavy atom. The molecule has 0 saturated heterocycles. The molecule has 12 heteroatoms. The quantitative estimate of drug-likeness (QED) is 0.296. The summed E-state index contributed by atoms with van der Waals surface area (Å²) >= 11 is 0. The average Bonchev–Trinajstić information content (AvgIpc) is 2.77. The number of aldehydes is 1. The summed E-state index contributed by atoms with van der Waals surface area (Å²) in [6.07, 6.45) is -2.26. The van der Waals surface area contributed by atoms with Gasteiger partial charge in [-0.2, -0.15) is 17.6 Å². The Labute approximate surface area is 197 Å². The maximum atomic E-state index is 15.1. The lowest BCUT2D eigenvalue weighted by Crippen LogP contribution is -2.31. The van der Waals surface area contributed by atoms with Crippen molar-refractivity contribution in [2.75, 3.05) is 23.8 Å². The zero-order chi connectivity index (χ0) is 25.9. The molecule has 0 radical (unpaired) electrons. The first kappa shape index (κ1) is 25.7. The predicted molar refractivity (Wildman–Crippen MR) is 118 cm³/mol. The molecule has 0 aromatic carbocycles. The molecular formula is C23H20F5N5O2. The van der Waals surface area contributed by atoms with Crippen LogP contribution in [0.1, 0.15) is 29.9 Å². The van der Waals surface area contributed by atoms with E-state index < -0.39 is 35.5 Å². The number of nitrogens with one attached hydrogen (secondary N) is 1. The lowest BCUT2D eigenvalue weighted by atomic mass is 9.96. The van der Waals surface area contributed by atoms with Crippen LogP contribution in [0.5, 0.6) is 0 Å². The smallest absolute Gasteiger partial charge is 0.365 e. The standard InChI is InChI=1S/C23H20F5N5O2/c1-12(11-34)21-16(7-14(24)8-30-21)20-17(6-13(2)31-22(20)25)33(3)10-19(35)32-15-4-5-18(29-9-15)23(26,27)28/h4-9,11-12H,10H2,1-3H3,(H,32,35). The van der Waals surface area contributed by atoms with Crippen LogP contribution in [-0.4, -0.2) is 40.7 Å². The average molecular weight is 493 g/mol. The van der Waals surface area contributed by atoms with Gasteiger partial charge in [-0.05, 0) is 31.2 Å². The number of alkyl halides is 3. The van der Waals surface area contributed by atoms with Gasteiger partial charge in [-0.15, -0.1) is 0 Å². The summed E-state index contributed by atoms with van der Waals surface area (Å²) in [5.41, 5.74) is -0.658. The molecular weight excluding hydrogens is 473 g/mol. The summed E-state index contributed by atoms with van der Waals surface area (Å²) in [6.45, 7) is 2.69. The fourth-order valence-corrected chi connectivity index (χ4v) is 3.38. The summed E-state index contributed by atoms with van der Waals surface area (Å²) in [5, 5.41) is 2.42. The molecule has 0 aliphatic rings. The Morgan fingerprint density at radius 3 is 2.49 bits per heavy atom. The van der Waals surface area contributed by atoms with Crippen molar-refractivity contribution < 1.29 is 31.5 Å². The second-order valence-electron chi connectivity index (χ2n) is 7.79. The Kier molecular flexibility index (Phi) is 7.42. The van der Waals surface area contributed by atoms with Crippen LogP contribution in [0.15, 0.2) is 36.7 Å². The van der Waals surface area contributed by atoms with Crippen LogP contribution in [-0.2, 0) is 15.8 Å². The van der Waals surface area contributed by atoms with Gasteiger partial charge >= 0.3 is 6.18 Å². The van der Waals surface area contributed by atoms with Crippen LogP contribution in [0.25, 0.3) is 11.1 Å². The molecule has 0 spiro atoms. The third kappa shape index (κ3) is 5.94. The minimum Gasteiger partial charge on any atom is -0.365 e. The van der Waals surface area contributed by atoms with Crippen LogP contribution in [0.3, 0.4) is 0 Å². The molecule has 0 fully saturated rings. The maximum absolute atomic E-state index is 15.1. The van der Waals surface area contributed by atoms with Gasteiger partial charge in [-0.3, -0.25) is 9.78 Å². The molecule has 3 aromatic rings. The highest BCUT2D eigenvalue weighted by Crippen LogP contribution is 2.37. The third-order valence-electron chi connectivity index (χ3n) is 5.00. The SMILES string of the molecule is Cc1cc(N(C)CC(=O)Nc2ccc(C(F)(F)F)nc2)c(-c2cc(F)cnc2C(C)C=O)c(F)n1. The zero-order valence-electron chi connectivity index (χ0n) is 18.8. The molecule has 3 aromatic heterocycles. The van der Waals surface area contributed by atoms with E-state index >= 15 is 4.39 Å². The molecule has 0 bridgehead atoms. The summed E-state index contributed by atoms with van der Waals surface area (Å²) in [5.74, 6) is -3.12. The molecule has 0 aliphatic carbocycles. The van der Waals surface area contributed by atoms with Gasteiger partial charge in [-0.1, -0.05) is 6.92 Å². The maximum Gasteiger partial charge on any atom is 0.433 e. The van der Waals surface area contributed by atoms with Gasteiger partial charge in [0, 0.05) is 18.3 Å². The number of amides is 1. The Morgan fingerprint density at radius 2 is 1.89 bits per heavy atom. The van der Waals surface area contributed by atoms with Crippen LogP contribution in [0.2, 0.25) is 0 Å². The van der Waals surface area contributed by atoms with Gasteiger partial charge in [-0.25, -0.2) is 14.4 Å². The van der Waals surface area contributed by atoms with E-state index in [2.05, 4.69) is 20.3 Å². The molecule has 184 valence electrons. The number of hydrogen-bond acceptors (Lipinski definition) is 6. The Balaban J connectivity index is 1.93. The Hall–Kier alpha value is -3.96. The monoisotopic (exact) mass is 493 g/mol. The van der Waals surface area contributed by atoms with E-state index in [4.69, 9.17) is 0 Å². The van der Waals surface area contributed by atoms with Crippen LogP contribution < -0.4 is 10.2 Å². The number of anilines is 2. The van der Waals surface area contributed by atoms with E-state index in [1.165, 1.54) is 31.9 Å². The number of aryl methyl sites for hydroxylation is 1. The van der Waals surface area contributed by atoms with Gasteiger partial charge in [0.05, 0.1) is 47.5 Å². The molecule has 35 heavy (non-hydrogen) atoms. The number of carbonyl (C=O) groups excluding carboxylic acids is 2. The van der Waals surface area contributed by atoms with E-state index in [1.807, 2.05) is 0 Å². The van der Waals surface area contributed by atoms with Crippen molar-refractivity contribution >= 4 is 23.6 Å². The van der Waals surface area contributed by atoms with Crippen molar-refractivity contribution in [2.45, 2.75) is 25.9 Å². The highest BCUT2D eigenvalue weighted by molar-refractivity contribution is 5.95. The van der Waals surface area contributed by atoms with Crippen molar-refractivity contribution in [2.24, 2.45) is 0 Å². The van der Waals surface area contributed by atoms with Crippen LogP contribution in [0.4, 0.5) is 33.3 Å². The molecule has 1 N–H and O–H groups in total. The number of nitrogens with zero attached hydrogens (tertiary/aromatic N) is 4. The van der Waals surface area contributed by atoms with E-state index in [-0.39, 0.29) is 40.4 Å². The first-order valence-corrected chi connectivity index (χ1v) is 10.2. The van der Waals surface area contributed by atoms with Gasteiger partial charge in [0.15, 0.2) is 0 Å². The summed E-state index contributed by atoms with van der Waals surface area (Å²) < 4.78 is 67.1. The largest absolute Gasteiger partial charge is 0.433 e. The molecule has 1 atom stereocenters. The lowest BCUT2D eigenvalue weighted by molar-refractivity contribution is -0.141. The van der Waals surface area contributed by atoms with E-state index in [0.717, 1.165) is 30.6 Å². The van der Waals surface area contributed by atoms with Gasteiger partial charge in [0.25, 0.3) is 0 Å². The van der Waals surface area contributed by atoms with E-state index in [9.17, 15) is 27.2 Å². The summed E-state index contributed by atoms with van der Waals surface area (Å²) in [7, 11) is 1.47. The van der Waals surface area contributed by atoms with Gasteiger partial charge in [0.2, 0.25) is 11.9 Å². The highest BCUT2D eigenvalue weighted by atomic mass is 19.4. The number of hydrogen-bond donors (Lipinski definition) is 1. The highest BCUT2D eigenvalue weighted by Gasteiger charge is 2.32. The van der Waals surface area contributed by atoms with Crippen molar-refractivity contribution in [3.8, 4) is 11.1 Å². The molecule has 0 aliphatic heterocycles. The molecule has 1 unspecified atom stereocenters. The van der Waals surface area contributed by atoms with E-state index in [1.54, 1.807) is 0 Å². The molecule has 0 saturated carbocycles. The fourth-order valence-electron chi connectivity index (χ4n) is 3.38. The summed E-state index contributed by atoms with van der Waals surface area (Å²) in [4.78, 5) is 36.3. The van der Waals surface area contributed by atoms with Crippen molar-refractivity contribution in [1.82, 2.24) is 15.0 Å². The second kappa shape index (κ2) is 10.1. The minimum atomic E-state index is -4.62. The molecule has 3 rings (SSSR count). The number of rotatable bonds is 7. The molecule has 7 nitrogen and oxygen atoms in total. The van der Waals surface area contributed by atoms with Gasteiger partial charge < -0.3 is 15.0 Å². The normalized spacial score (nSPS) is 12.2. The minimum absolute atomic E-state index is 0.00352. The number of pyridine rings is 3. The van der Waals surface area contributed by atoms with Crippen LogP contribution in [0, 0.1) is 18.7 Å². The number of carbonyl (C=O) groups is 2. The van der Waals surface area contributed by atoms with Gasteiger partial charge in [0.1, 0.15) is 17.8 Å². The first-order valence-electron chi connectivity index (χ1n) is 10.2. The molecule has 3 heterocycles. The Bertz CT molecular complexity index is 1250. The topological polar surface area (TPSA) is 88.1 Å². The van der Waals surface area contributed by atoms with Crippen molar-refractivity contribution in [1.29, 1.82) is 0 Å². The second-order valence-corrected chi connectivity index (χ2v) is 7.79. The van der Waals surface area contributed by atoms with Crippen LogP contribution >= 0.6 is 0 Å². The molecule has 1 amide bonds. The summed E-state index contributed by atoms with van der Waals surface area (Å²) in [6, 6.07) is 4.29. The number of halogens is 5. The first-order chi connectivity index (χ1) is 16.4.